The minimum absolute atomic E-state index is 0.167. The highest BCUT2D eigenvalue weighted by Gasteiger charge is 2.48. The van der Waals surface area contributed by atoms with E-state index in [-0.39, 0.29) is 24.9 Å². The van der Waals surface area contributed by atoms with E-state index in [9.17, 15) is 5.11 Å². The monoisotopic (exact) mass is 485 g/mol. The molecular formula is C25H48BNO7. The van der Waals surface area contributed by atoms with E-state index in [2.05, 4.69) is 39.2 Å². The van der Waals surface area contributed by atoms with Crippen molar-refractivity contribution in [1.29, 1.82) is 0 Å². The zero-order valence-electron chi connectivity index (χ0n) is 21.8. The Morgan fingerprint density at radius 2 is 1.56 bits per heavy atom. The normalized spacial score (nSPS) is 26.6. The van der Waals surface area contributed by atoms with Crippen LogP contribution in [0, 0.1) is 0 Å². The largest absolute Gasteiger partial charge is 0.436 e. The zero-order valence-corrected chi connectivity index (χ0v) is 21.8. The fourth-order valence-electron chi connectivity index (χ4n) is 3.73. The first-order valence-electron chi connectivity index (χ1n) is 12.9. The third-order valence-corrected chi connectivity index (χ3v) is 5.83. The number of aliphatic hydroxyl groups is 1. The van der Waals surface area contributed by atoms with Gasteiger partial charge in [-0.1, -0.05) is 52.7 Å². The van der Waals surface area contributed by atoms with Crippen molar-refractivity contribution in [3.63, 3.8) is 0 Å². The van der Waals surface area contributed by atoms with Crippen LogP contribution in [0.2, 0.25) is 0 Å². The summed E-state index contributed by atoms with van der Waals surface area (Å²) in [7, 11) is 1.66. The number of ether oxygens (including phenoxy) is 5. The molecule has 0 bridgehead atoms. The van der Waals surface area contributed by atoms with Gasteiger partial charge in [-0.25, -0.2) is 0 Å². The Bertz CT molecular complexity index is 527. The molecule has 1 heterocycles. The van der Waals surface area contributed by atoms with Crippen molar-refractivity contribution in [2.24, 2.45) is 0 Å². The van der Waals surface area contributed by atoms with Gasteiger partial charge in [0.1, 0.15) is 18.3 Å². The lowest BCUT2D eigenvalue weighted by Gasteiger charge is -2.46. The van der Waals surface area contributed by atoms with Gasteiger partial charge >= 0.3 is 0 Å². The molecule has 34 heavy (non-hydrogen) atoms. The predicted molar refractivity (Wildman–Crippen MR) is 136 cm³/mol. The van der Waals surface area contributed by atoms with E-state index in [1.165, 1.54) is 12.3 Å². The molecule has 1 aliphatic rings. The molecule has 8 nitrogen and oxygen atoms in total. The number of rotatable bonds is 21. The van der Waals surface area contributed by atoms with Gasteiger partial charge in [-0.3, -0.25) is 0 Å². The van der Waals surface area contributed by atoms with Gasteiger partial charge in [0.25, 0.3) is 8.05 Å². The van der Waals surface area contributed by atoms with Crippen LogP contribution in [0.3, 0.4) is 0 Å². The van der Waals surface area contributed by atoms with E-state index in [0.717, 1.165) is 38.5 Å². The van der Waals surface area contributed by atoms with E-state index in [1.807, 2.05) is 0 Å². The Hall–Kier alpha value is -0.935. The van der Waals surface area contributed by atoms with E-state index in [0.29, 0.717) is 26.4 Å². The molecule has 1 aliphatic heterocycles. The van der Waals surface area contributed by atoms with E-state index < -0.39 is 24.5 Å². The van der Waals surface area contributed by atoms with Crippen LogP contribution in [0.5, 0.6) is 0 Å². The Labute approximate surface area is 207 Å². The first-order valence-corrected chi connectivity index (χ1v) is 12.9. The molecule has 0 aliphatic carbocycles. The van der Waals surface area contributed by atoms with E-state index in [4.69, 9.17) is 28.3 Å². The minimum atomic E-state index is -0.808. The van der Waals surface area contributed by atoms with Crippen LogP contribution >= 0.6 is 0 Å². The maximum atomic E-state index is 10.3. The molecule has 1 fully saturated rings. The molecule has 0 aromatic heterocycles. The molecule has 5 unspecified atom stereocenters. The maximum absolute atomic E-state index is 10.3. The second-order valence-corrected chi connectivity index (χ2v) is 8.59. The van der Waals surface area contributed by atoms with Crippen molar-refractivity contribution in [3.05, 3.63) is 25.4 Å². The van der Waals surface area contributed by atoms with Crippen LogP contribution < -0.4 is 5.32 Å². The topological polar surface area (TPSA) is 87.6 Å². The fraction of sp³-hybridized carbons (Fsp3) is 0.840. The summed E-state index contributed by atoms with van der Waals surface area (Å²) >= 11 is 0. The Morgan fingerprint density at radius 1 is 0.941 bits per heavy atom. The molecule has 9 heteroatoms. The van der Waals surface area contributed by atoms with Gasteiger partial charge in [-0.15, -0.1) is 6.58 Å². The number of aliphatic hydroxyl groups excluding tert-OH is 1. The van der Waals surface area contributed by atoms with Gasteiger partial charge in [0.15, 0.2) is 6.29 Å². The zero-order chi connectivity index (χ0) is 25.2. The molecule has 0 aromatic carbocycles. The van der Waals surface area contributed by atoms with Crippen molar-refractivity contribution < 1.29 is 33.4 Å². The third kappa shape index (κ3) is 10.8. The summed E-state index contributed by atoms with van der Waals surface area (Å²) in [4.78, 5) is 0. The summed E-state index contributed by atoms with van der Waals surface area (Å²) in [6.07, 6.45) is 5.83. The number of nitrogens with one attached hydrogen (secondary N) is 1. The van der Waals surface area contributed by atoms with Gasteiger partial charge < -0.3 is 38.8 Å². The van der Waals surface area contributed by atoms with Gasteiger partial charge in [-0.05, 0) is 25.5 Å². The molecule has 1 saturated heterocycles. The molecule has 198 valence electrons. The summed E-state index contributed by atoms with van der Waals surface area (Å²) in [5, 5.41) is 13.3. The van der Waals surface area contributed by atoms with E-state index >= 15 is 0 Å². The van der Waals surface area contributed by atoms with Crippen molar-refractivity contribution in [2.75, 3.05) is 33.0 Å². The van der Waals surface area contributed by atoms with Crippen LogP contribution in [0.15, 0.2) is 25.4 Å². The van der Waals surface area contributed by atoms with Crippen molar-refractivity contribution in [1.82, 2.24) is 5.32 Å². The molecule has 2 N–H and O–H groups in total. The highest BCUT2D eigenvalue weighted by molar-refractivity contribution is 5.98. The number of unbranched alkanes of at least 4 members (excludes halogenated alkanes) is 3. The summed E-state index contributed by atoms with van der Waals surface area (Å²) in [6.45, 7) is 16.1. The second-order valence-electron chi connectivity index (χ2n) is 8.59. The lowest BCUT2D eigenvalue weighted by Crippen LogP contribution is -2.62. The molecule has 0 aromatic rings. The second kappa shape index (κ2) is 19.3. The first-order chi connectivity index (χ1) is 16.6. The summed E-state index contributed by atoms with van der Waals surface area (Å²) < 4.78 is 36.9. The Balaban J connectivity index is 3.08. The van der Waals surface area contributed by atoms with Crippen molar-refractivity contribution in [3.8, 4) is 0 Å². The third-order valence-electron chi connectivity index (χ3n) is 5.83. The Kier molecular flexibility index (Phi) is 17.6. The highest BCUT2D eigenvalue weighted by atomic mass is 16.7. The molecule has 0 spiro atoms. The van der Waals surface area contributed by atoms with Crippen LogP contribution in [0.1, 0.15) is 59.3 Å². The van der Waals surface area contributed by atoms with Gasteiger partial charge in [0, 0.05) is 19.8 Å². The van der Waals surface area contributed by atoms with Crippen molar-refractivity contribution in [2.45, 2.75) is 102 Å². The molecule has 0 saturated carbocycles. The van der Waals surface area contributed by atoms with Crippen LogP contribution in [0.4, 0.5) is 0 Å². The predicted octanol–water partition coefficient (Wildman–Crippen LogP) is 2.50. The van der Waals surface area contributed by atoms with Gasteiger partial charge in [-0.2, -0.15) is 0 Å². The van der Waals surface area contributed by atoms with Crippen molar-refractivity contribution >= 4 is 8.05 Å². The van der Waals surface area contributed by atoms with Gasteiger partial charge in [0.05, 0.1) is 31.5 Å². The average Bonchev–Trinajstić information content (AvgIpc) is 2.85. The molecule has 7 atom stereocenters. The molecule has 1 rings (SSSR count). The summed E-state index contributed by atoms with van der Waals surface area (Å²) in [5.74, 6) is 0. The lowest BCUT2D eigenvalue weighted by molar-refractivity contribution is -0.315. The SMILES string of the molecule is BOC1C(COCCCC)OC(OC[C@H](NC=C)[C@H](O)C=C)C(OCCCC)C1OCCCC. The summed E-state index contributed by atoms with van der Waals surface area (Å²) in [5.41, 5.74) is 0. The molecule has 0 radical (unpaired) electrons. The van der Waals surface area contributed by atoms with Crippen LogP contribution in [-0.4, -0.2) is 89.0 Å². The number of hydrogen-bond donors (Lipinski definition) is 2. The average molecular weight is 485 g/mol. The van der Waals surface area contributed by atoms with Crippen LogP contribution in [0.25, 0.3) is 0 Å². The number of hydrogen-bond acceptors (Lipinski definition) is 8. The van der Waals surface area contributed by atoms with E-state index in [1.54, 1.807) is 8.05 Å². The quantitative estimate of drug-likeness (QED) is 0.146. The lowest BCUT2D eigenvalue weighted by atomic mass is 9.97. The standard InChI is InChI=1S/C25H48BNO7/c1-6-11-14-29-18-21-22(34-26)23(30-15-12-7-2)24(31-16-13-8-3)25(33-21)32-17-19(27-10-5)20(28)9-4/h9-10,19-25,27-28H,4-8,11-18,26H2,1-3H3/t19-,20+,21?,22?,23?,24?,25?/m0/s1. The molecule has 0 amide bonds. The van der Waals surface area contributed by atoms with Gasteiger partial charge in [0.2, 0.25) is 0 Å². The fourth-order valence-corrected chi connectivity index (χ4v) is 3.73. The summed E-state index contributed by atoms with van der Waals surface area (Å²) in [6, 6.07) is -0.422. The maximum Gasteiger partial charge on any atom is 0.257 e. The Morgan fingerprint density at radius 3 is 2.12 bits per heavy atom. The first kappa shape index (κ1) is 31.1. The van der Waals surface area contributed by atoms with Crippen LogP contribution in [-0.2, 0) is 28.3 Å². The smallest absolute Gasteiger partial charge is 0.257 e. The molecular weight excluding hydrogens is 437 g/mol. The minimum Gasteiger partial charge on any atom is -0.436 e. The highest BCUT2D eigenvalue weighted by Crippen LogP contribution is 2.29.